The van der Waals surface area contributed by atoms with Gasteiger partial charge in [-0.2, -0.15) is 4.68 Å². The van der Waals surface area contributed by atoms with Crippen LogP contribution in [0.4, 0.5) is 20.2 Å². The van der Waals surface area contributed by atoms with Gasteiger partial charge in [-0.25, -0.2) is 13.8 Å². The van der Waals surface area contributed by atoms with E-state index >= 15 is 0 Å². The number of alkyl halides is 2. The molecule has 3 atom stereocenters. The molecule has 3 unspecified atom stereocenters. The van der Waals surface area contributed by atoms with Gasteiger partial charge in [0, 0.05) is 55.7 Å². The summed E-state index contributed by atoms with van der Waals surface area (Å²) < 4.78 is 29.8. The van der Waals surface area contributed by atoms with Gasteiger partial charge in [0.15, 0.2) is 6.17 Å². The number of halogens is 2. The van der Waals surface area contributed by atoms with E-state index in [4.69, 9.17) is 4.98 Å². The molecular weight excluding hydrogens is 552 g/mol. The Bertz CT molecular complexity index is 1640. The summed E-state index contributed by atoms with van der Waals surface area (Å²) in [6.07, 6.45) is -2.76. The number of anilines is 2. The Kier molecular flexibility index (Phi) is 7.78. The molecule has 5 aromatic rings. The number of aromatic nitrogens is 7. The molecule has 4 heterocycles. The Morgan fingerprint density at radius 3 is 2.21 bits per heavy atom. The molecule has 0 amide bonds. The molecule has 1 aliphatic rings. The number of fused-ring (bicyclic) bond motifs is 1. The number of H-pyrrole nitrogens is 1. The summed E-state index contributed by atoms with van der Waals surface area (Å²) in [4.78, 5) is 17.2. The Morgan fingerprint density at radius 2 is 1.58 bits per heavy atom. The van der Waals surface area contributed by atoms with Crippen LogP contribution in [0.15, 0.2) is 67.1 Å². The lowest BCUT2D eigenvalue weighted by atomic mass is 9.92. The molecule has 12 heteroatoms. The number of hydrogen-bond acceptors (Lipinski definition) is 8. The average Bonchev–Trinajstić information content (AvgIpc) is 3.69. The fourth-order valence-electron chi connectivity index (χ4n) is 5.41. The van der Waals surface area contributed by atoms with E-state index in [9.17, 15) is 13.9 Å². The summed E-state index contributed by atoms with van der Waals surface area (Å²) >= 11 is 0. The van der Waals surface area contributed by atoms with Gasteiger partial charge < -0.3 is 19.9 Å². The Labute approximate surface area is 248 Å². The Morgan fingerprint density at radius 1 is 0.907 bits per heavy atom. The zero-order valence-corrected chi connectivity index (χ0v) is 24.4. The van der Waals surface area contributed by atoms with Gasteiger partial charge in [-0.3, -0.25) is 4.98 Å². The van der Waals surface area contributed by atoms with Gasteiger partial charge in [-0.1, -0.05) is 39.0 Å². The first-order chi connectivity index (χ1) is 20.6. The molecule has 0 spiro atoms. The topological polar surface area (TPSA) is 112 Å². The van der Waals surface area contributed by atoms with Crippen molar-refractivity contribution in [2.75, 3.05) is 36.0 Å². The maximum Gasteiger partial charge on any atom is 0.224 e. The number of aromatic amines is 1. The average molecular weight is 588 g/mol. The summed E-state index contributed by atoms with van der Waals surface area (Å²) in [5, 5.41) is 20.1. The van der Waals surface area contributed by atoms with Crippen molar-refractivity contribution >= 4 is 22.4 Å². The van der Waals surface area contributed by atoms with Crippen molar-refractivity contribution in [3.8, 4) is 11.1 Å². The number of nitrogens with one attached hydrogen (secondary N) is 1. The monoisotopic (exact) mass is 587 g/mol. The van der Waals surface area contributed by atoms with Gasteiger partial charge in [0.2, 0.25) is 6.30 Å². The van der Waals surface area contributed by atoms with Crippen LogP contribution < -0.4 is 9.80 Å². The standard InChI is InChI=1S/C31H35F2N9O/c1-31(2,3)17-27-36-24-11-9-23(16-26(24)37-27)41-14-12-40(13-15-41)22-7-4-20(5-8-22)21-6-10-25(34-18-21)28(32)29(43)30(33)42-19-35-38-39-42/h4-11,16,18-19,28-30,43H,12-15,17H2,1-3H3,(H,36,37). The smallest absolute Gasteiger partial charge is 0.224 e. The SMILES string of the molecule is CC(C)(C)Cc1nc2ccc(N3CCN(c4ccc(-c5ccc(C(F)C(O)C(F)n6cnnn6)nc5)cc4)CC3)cc2[nH]1. The maximum absolute atomic E-state index is 14.8. The maximum atomic E-state index is 14.8. The highest BCUT2D eigenvalue weighted by Crippen LogP contribution is 2.30. The van der Waals surface area contributed by atoms with Gasteiger partial charge in [-0.05, 0) is 57.8 Å². The fourth-order valence-corrected chi connectivity index (χ4v) is 5.41. The summed E-state index contributed by atoms with van der Waals surface area (Å²) in [6.45, 7) is 10.3. The molecule has 224 valence electrons. The zero-order valence-electron chi connectivity index (χ0n) is 24.4. The number of imidazole rings is 1. The molecule has 3 aromatic heterocycles. The van der Waals surface area contributed by atoms with Crippen molar-refractivity contribution in [1.82, 2.24) is 35.2 Å². The second-order valence-corrected chi connectivity index (χ2v) is 12.2. The lowest BCUT2D eigenvalue weighted by Crippen LogP contribution is -2.46. The van der Waals surface area contributed by atoms with Crippen LogP contribution in [0, 0.1) is 5.41 Å². The highest BCUT2D eigenvalue weighted by Gasteiger charge is 2.32. The minimum atomic E-state index is -2.13. The minimum absolute atomic E-state index is 0.0708. The molecule has 0 radical (unpaired) electrons. The number of hydrogen-bond donors (Lipinski definition) is 2. The third-order valence-corrected chi connectivity index (χ3v) is 7.69. The first-order valence-electron chi connectivity index (χ1n) is 14.4. The molecule has 2 aromatic carbocycles. The van der Waals surface area contributed by atoms with E-state index in [-0.39, 0.29) is 11.1 Å². The Hall–Kier alpha value is -4.45. The molecule has 6 rings (SSSR count). The van der Waals surface area contributed by atoms with E-state index < -0.39 is 18.6 Å². The van der Waals surface area contributed by atoms with Crippen molar-refractivity contribution < 1.29 is 13.9 Å². The van der Waals surface area contributed by atoms with E-state index in [1.165, 1.54) is 18.0 Å². The molecule has 0 bridgehead atoms. The van der Waals surface area contributed by atoms with E-state index in [2.05, 4.69) is 86.4 Å². The van der Waals surface area contributed by atoms with Crippen LogP contribution >= 0.6 is 0 Å². The van der Waals surface area contributed by atoms with Crippen molar-refractivity contribution in [2.24, 2.45) is 5.41 Å². The summed E-state index contributed by atoms with van der Waals surface area (Å²) in [5.74, 6) is 1.03. The number of piperazine rings is 1. The zero-order chi connectivity index (χ0) is 30.1. The van der Waals surface area contributed by atoms with Crippen molar-refractivity contribution in [3.05, 3.63) is 78.6 Å². The second kappa shape index (κ2) is 11.7. The van der Waals surface area contributed by atoms with Crippen LogP contribution in [0.3, 0.4) is 0 Å². The number of nitrogens with zero attached hydrogens (tertiary/aromatic N) is 8. The molecule has 1 aliphatic heterocycles. The molecule has 0 aliphatic carbocycles. The van der Waals surface area contributed by atoms with Crippen LogP contribution in [0.1, 0.15) is 44.8 Å². The first kappa shape index (κ1) is 28.7. The van der Waals surface area contributed by atoms with E-state index in [1.54, 1.807) is 6.07 Å². The fraction of sp³-hybridized carbons (Fsp3) is 0.387. The van der Waals surface area contributed by atoms with Crippen molar-refractivity contribution in [1.29, 1.82) is 0 Å². The molecule has 1 fully saturated rings. The van der Waals surface area contributed by atoms with Crippen LogP contribution in [0.5, 0.6) is 0 Å². The van der Waals surface area contributed by atoms with E-state index in [1.807, 2.05) is 12.1 Å². The predicted octanol–water partition coefficient (Wildman–Crippen LogP) is 5.07. The number of rotatable bonds is 8. The van der Waals surface area contributed by atoms with E-state index in [0.717, 1.165) is 72.6 Å². The normalized spacial score (nSPS) is 16.4. The number of benzene rings is 2. The number of tetrazole rings is 1. The molecular formula is C31H35F2N9O. The third-order valence-electron chi connectivity index (χ3n) is 7.69. The lowest BCUT2D eigenvalue weighted by Gasteiger charge is -2.37. The van der Waals surface area contributed by atoms with Crippen LogP contribution in [0.25, 0.3) is 22.2 Å². The Balaban J connectivity index is 1.06. The van der Waals surface area contributed by atoms with Gasteiger partial charge >= 0.3 is 0 Å². The molecule has 0 saturated carbocycles. The minimum Gasteiger partial charge on any atom is -0.385 e. The van der Waals surface area contributed by atoms with Gasteiger partial charge in [0.25, 0.3) is 0 Å². The number of aliphatic hydroxyl groups excluding tert-OH is 1. The summed E-state index contributed by atoms with van der Waals surface area (Å²) in [5.41, 5.74) is 6.23. The molecule has 43 heavy (non-hydrogen) atoms. The van der Waals surface area contributed by atoms with Crippen molar-refractivity contribution in [3.63, 3.8) is 0 Å². The van der Waals surface area contributed by atoms with Gasteiger partial charge in [-0.15, -0.1) is 5.10 Å². The van der Waals surface area contributed by atoms with Crippen molar-refractivity contribution in [2.45, 2.75) is 45.8 Å². The largest absolute Gasteiger partial charge is 0.385 e. The molecule has 1 saturated heterocycles. The first-order valence-corrected chi connectivity index (χ1v) is 14.4. The highest BCUT2D eigenvalue weighted by molar-refractivity contribution is 5.80. The van der Waals surface area contributed by atoms with Gasteiger partial charge in [0.05, 0.1) is 16.7 Å². The third kappa shape index (κ3) is 6.34. The van der Waals surface area contributed by atoms with E-state index in [0.29, 0.717) is 4.68 Å². The number of pyridine rings is 1. The van der Waals surface area contributed by atoms with Crippen LogP contribution in [-0.2, 0) is 6.42 Å². The second-order valence-electron chi connectivity index (χ2n) is 12.2. The summed E-state index contributed by atoms with van der Waals surface area (Å²) in [7, 11) is 0. The molecule has 2 N–H and O–H groups in total. The van der Waals surface area contributed by atoms with Crippen LogP contribution in [0.2, 0.25) is 0 Å². The molecule has 10 nitrogen and oxygen atoms in total. The lowest BCUT2D eigenvalue weighted by molar-refractivity contribution is -0.0294. The summed E-state index contributed by atoms with van der Waals surface area (Å²) in [6, 6.07) is 17.8. The predicted molar refractivity (Wildman–Crippen MR) is 161 cm³/mol. The van der Waals surface area contributed by atoms with Gasteiger partial charge in [0.1, 0.15) is 18.3 Å². The number of aliphatic hydroxyl groups is 1. The quantitative estimate of drug-likeness (QED) is 0.259. The van der Waals surface area contributed by atoms with Crippen LogP contribution in [-0.4, -0.2) is 72.5 Å². The highest BCUT2D eigenvalue weighted by atomic mass is 19.1.